The molecule has 1 fully saturated rings. The lowest BCUT2D eigenvalue weighted by Crippen LogP contribution is -2.32. The number of allylic oxidation sites excluding steroid dienone is 2. The fraction of sp³-hybridized carbons (Fsp3) is 0.476. The Balaban J connectivity index is 1.48. The van der Waals surface area contributed by atoms with Crippen LogP contribution in [0.1, 0.15) is 31.7 Å². The number of hydrogen-bond donors (Lipinski definition) is 1. The van der Waals surface area contributed by atoms with Crippen molar-refractivity contribution in [2.24, 2.45) is 0 Å². The maximum absolute atomic E-state index is 9.99. The summed E-state index contributed by atoms with van der Waals surface area (Å²) in [6, 6.07) is 12.5. The number of hydrogen-bond acceptors (Lipinski definition) is 4. The van der Waals surface area contributed by atoms with Gasteiger partial charge in [0.05, 0.1) is 12.2 Å². The lowest BCUT2D eigenvalue weighted by atomic mass is 9.90. The number of β-amino-alcohol motifs (C(OH)–C–C–N with tert-alkyl or cyclic N) is 1. The van der Waals surface area contributed by atoms with Crippen LogP contribution in [0, 0.1) is 11.3 Å². The first kappa shape index (κ1) is 17.9. The van der Waals surface area contributed by atoms with Crippen LogP contribution in [0.2, 0.25) is 0 Å². The van der Waals surface area contributed by atoms with Crippen LogP contribution in [0.25, 0.3) is 5.57 Å². The normalized spacial score (nSPS) is 29.4. The summed E-state index contributed by atoms with van der Waals surface area (Å²) in [7, 11) is 0. The second-order valence-corrected chi connectivity index (χ2v) is 7.29. The lowest BCUT2D eigenvalue weighted by molar-refractivity contribution is 0.0275. The zero-order valence-electron chi connectivity index (χ0n) is 14.8. The smallest absolute Gasteiger partial charge is 0.176 e. The van der Waals surface area contributed by atoms with Gasteiger partial charge in [0, 0.05) is 26.1 Å². The number of aliphatic hydroxyl groups is 1. The molecular weight excluding hydrogens is 312 g/mol. The van der Waals surface area contributed by atoms with Crippen LogP contribution >= 0.6 is 0 Å². The zero-order valence-corrected chi connectivity index (χ0v) is 14.8. The van der Waals surface area contributed by atoms with Crippen molar-refractivity contribution in [3.63, 3.8) is 0 Å². The fourth-order valence-corrected chi connectivity index (χ4v) is 3.46. The monoisotopic (exact) mass is 338 g/mol. The quantitative estimate of drug-likeness (QED) is 0.810. The molecule has 2 atom stereocenters. The Kier molecular flexibility index (Phi) is 5.39. The van der Waals surface area contributed by atoms with Gasteiger partial charge in [-0.25, -0.2) is 0 Å². The van der Waals surface area contributed by atoms with Crippen LogP contribution in [0.3, 0.4) is 0 Å². The van der Waals surface area contributed by atoms with E-state index >= 15 is 0 Å². The van der Waals surface area contributed by atoms with Gasteiger partial charge in [-0.1, -0.05) is 42.5 Å². The summed E-state index contributed by atoms with van der Waals surface area (Å²) in [5.41, 5.74) is 0.884. The van der Waals surface area contributed by atoms with Gasteiger partial charge in [-0.3, -0.25) is 0 Å². The van der Waals surface area contributed by atoms with Crippen molar-refractivity contribution in [2.75, 3.05) is 26.2 Å². The summed E-state index contributed by atoms with van der Waals surface area (Å²) in [6.45, 7) is 4.98. The molecule has 2 aliphatic rings. The van der Waals surface area contributed by atoms with E-state index in [-0.39, 0.29) is 0 Å². The van der Waals surface area contributed by atoms with E-state index in [1.165, 1.54) is 0 Å². The molecule has 1 aliphatic heterocycles. The van der Waals surface area contributed by atoms with E-state index in [1.54, 1.807) is 0 Å². The van der Waals surface area contributed by atoms with Crippen molar-refractivity contribution in [3.8, 4) is 6.07 Å². The predicted octanol–water partition coefficient (Wildman–Crippen LogP) is 3.16. The number of nitriles is 1. The highest BCUT2D eigenvalue weighted by molar-refractivity contribution is 5.75. The molecule has 1 aliphatic carbocycles. The van der Waals surface area contributed by atoms with Crippen molar-refractivity contribution >= 4 is 5.57 Å². The van der Waals surface area contributed by atoms with Crippen molar-refractivity contribution in [3.05, 3.63) is 54.1 Å². The predicted molar refractivity (Wildman–Crippen MR) is 98.8 cm³/mol. The number of likely N-dealkylation sites (tertiary alicyclic amines) is 1. The minimum absolute atomic E-state index is 0.547. The molecule has 0 aromatic heterocycles. The maximum atomic E-state index is 9.99. The molecule has 1 aromatic carbocycles. The van der Waals surface area contributed by atoms with Gasteiger partial charge in [0.15, 0.2) is 5.60 Å². The Bertz CT molecular complexity index is 688. The van der Waals surface area contributed by atoms with Crippen molar-refractivity contribution in [1.29, 1.82) is 5.26 Å². The Morgan fingerprint density at radius 1 is 1.32 bits per heavy atom. The number of rotatable bonds is 6. The molecule has 132 valence electrons. The highest BCUT2D eigenvalue weighted by atomic mass is 16.5. The molecule has 0 bridgehead atoms. The van der Waals surface area contributed by atoms with Gasteiger partial charge in [0.1, 0.15) is 6.07 Å². The minimum atomic E-state index is -0.852. The molecule has 3 rings (SSSR count). The van der Waals surface area contributed by atoms with E-state index in [1.807, 2.05) is 37.3 Å². The van der Waals surface area contributed by atoms with E-state index in [0.717, 1.165) is 43.6 Å². The third kappa shape index (κ3) is 4.58. The van der Waals surface area contributed by atoms with Crippen molar-refractivity contribution < 1.29 is 9.84 Å². The molecule has 0 saturated carbocycles. The SMILES string of the molecule is CC1(O)CCN(CCCOC2(C#N)C=CC(c3ccccc3)=CC2)C1. The molecule has 1 aromatic rings. The summed E-state index contributed by atoms with van der Waals surface area (Å²) < 4.78 is 5.93. The first-order valence-corrected chi connectivity index (χ1v) is 8.97. The second kappa shape index (κ2) is 7.53. The molecule has 0 amide bonds. The standard InChI is InChI=1S/C21H26N2O2/c1-20(24)12-14-23(17-20)13-5-15-25-21(16-22)10-8-19(9-11-21)18-6-3-2-4-7-18/h2-4,6-10,24H,5,11-15,17H2,1H3. The van der Waals surface area contributed by atoms with Crippen LogP contribution in [0.15, 0.2) is 48.6 Å². The molecule has 4 heteroatoms. The summed E-state index contributed by atoms with van der Waals surface area (Å²) in [4.78, 5) is 2.26. The molecule has 4 nitrogen and oxygen atoms in total. The summed E-state index contributed by atoms with van der Waals surface area (Å²) in [6.07, 6.45) is 8.21. The van der Waals surface area contributed by atoms with Gasteiger partial charge < -0.3 is 14.7 Å². The molecular formula is C21H26N2O2. The minimum Gasteiger partial charge on any atom is -0.389 e. The highest BCUT2D eigenvalue weighted by Gasteiger charge is 2.32. The van der Waals surface area contributed by atoms with Crippen LogP contribution in [0.4, 0.5) is 0 Å². The van der Waals surface area contributed by atoms with Gasteiger partial charge in [-0.2, -0.15) is 5.26 Å². The van der Waals surface area contributed by atoms with E-state index < -0.39 is 11.2 Å². The van der Waals surface area contributed by atoms with Gasteiger partial charge in [0.2, 0.25) is 0 Å². The van der Waals surface area contributed by atoms with Crippen LogP contribution < -0.4 is 0 Å². The first-order valence-electron chi connectivity index (χ1n) is 8.97. The highest BCUT2D eigenvalue weighted by Crippen LogP contribution is 2.29. The van der Waals surface area contributed by atoms with Crippen molar-refractivity contribution in [2.45, 2.75) is 37.4 Å². The van der Waals surface area contributed by atoms with Gasteiger partial charge in [-0.05, 0) is 37.0 Å². The average molecular weight is 338 g/mol. The molecule has 25 heavy (non-hydrogen) atoms. The third-order valence-corrected chi connectivity index (χ3v) is 4.96. The van der Waals surface area contributed by atoms with E-state index in [2.05, 4.69) is 29.2 Å². The van der Waals surface area contributed by atoms with Gasteiger partial charge in [-0.15, -0.1) is 0 Å². The van der Waals surface area contributed by atoms with Crippen LogP contribution in [-0.2, 0) is 4.74 Å². The number of benzene rings is 1. The maximum Gasteiger partial charge on any atom is 0.176 e. The topological polar surface area (TPSA) is 56.5 Å². The average Bonchev–Trinajstić information content (AvgIpc) is 2.99. The van der Waals surface area contributed by atoms with E-state index in [4.69, 9.17) is 4.74 Å². The summed E-state index contributed by atoms with van der Waals surface area (Å²) in [5.74, 6) is 0. The first-order chi connectivity index (χ1) is 12.0. The van der Waals surface area contributed by atoms with E-state index in [9.17, 15) is 10.4 Å². The molecule has 2 unspecified atom stereocenters. The lowest BCUT2D eigenvalue weighted by Gasteiger charge is -2.26. The fourth-order valence-electron chi connectivity index (χ4n) is 3.46. The Labute approximate surface area is 150 Å². The molecule has 0 spiro atoms. The zero-order chi connectivity index (χ0) is 17.8. The summed E-state index contributed by atoms with van der Waals surface area (Å²) >= 11 is 0. The van der Waals surface area contributed by atoms with Crippen molar-refractivity contribution in [1.82, 2.24) is 4.90 Å². The molecule has 1 N–H and O–H groups in total. The van der Waals surface area contributed by atoms with E-state index in [0.29, 0.717) is 13.0 Å². The summed E-state index contributed by atoms with van der Waals surface area (Å²) in [5, 5.41) is 19.6. The Morgan fingerprint density at radius 2 is 2.12 bits per heavy atom. The number of ether oxygens (including phenoxy) is 1. The van der Waals surface area contributed by atoms with Crippen LogP contribution in [0.5, 0.6) is 0 Å². The largest absolute Gasteiger partial charge is 0.389 e. The molecule has 1 heterocycles. The Morgan fingerprint density at radius 3 is 2.72 bits per heavy atom. The Hall–Kier alpha value is -1.93. The number of nitrogens with zero attached hydrogens (tertiary/aromatic N) is 2. The second-order valence-electron chi connectivity index (χ2n) is 7.29. The third-order valence-electron chi connectivity index (χ3n) is 4.96. The van der Waals surface area contributed by atoms with Gasteiger partial charge >= 0.3 is 0 Å². The molecule has 1 saturated heterocycles. The van der Waals surface area contributed by atoms with Crippen LogP contribution in [-0.4, -0.2) is 47.4 Å². The molecule has 0 radical (unpaired) electrons. The van der Waals surface area contributed by atoms with Gasteiger partial charge in [0.25, 0.3) is 0 Å².